The van der Waals surface area contributed by atoms with Crippen molar-refractivity contribution in [3.63, 3.8) is 0 Å². The molecular weight excluding hydrogens is 106 g/mol. The summed E-state index contributed by atoms with van der Waals surface area (Å²) in [6.07, 6.45) is 0.752. The van der Waals surface area contributed by atoms with E-state index in [0.29, 0.717) is 6.42 Å². The number of hydrogen-bond acceptors (Lipinski definition) is 3. The first-order chi connectivity index (χ1) is 3.81. The molecule has 3 heteroatoms. The van der Waals surface area contributed by atoms with E-state index in [1.54, 1.807) is 0 Å². The zero-order chi connectivity index (χ0) is 6.41. The maximum absolute atomic E-state index is 8.34. The van der Waals surface area contributed by atoms with Crippen LogP contribution in [0.1, 0.15) is 13.3 Å². The van der Waals surface area contributed by atoms with E-state index in [9.17, 15) is 0 Å². The van der Waals surface area contributed by atoms with Crippen molar-refractivity contribution in [2.45, 2.75) is 19.4 Å². The number of ether oxygens (including phenoxy) is 1. The zero-order valence-corrected chi connectivity index (χ0v) is 5.13. The van der Waals surface area contributed by atoms with E-state index in [0.717, 1.165) is 0 Å². The second kappa shape index (κ2) is 5.03. The van der Waals surface area contributed by atoms with Crippen LogP contribution in [0.5, 0.6) is 0 Å². The molecule has 0 heterocycles. The van der Waals surface area contributed by atoms with E-state index in [2.05, 4.69) is 0 Å². The number of rotatable bonds is 4. The molecule has 8 heavy (non-hydrogen) atoms. The van der Waals surface area contributed by atoms with Gasteiger partial charge in [-0.3, -0.25) is 0 Å². The lowest BCUT2D eigenvalue weighted by Crippen LogP contribution is -2.15. The Morgan fingerprint density at radius 1 is 1.75 bits per heavy atom. The number of nitrogens with two attached hydrogens (primary N) is 1. The molecule has 1 atom stereocenters. The van der Waals surface area contributed by atoms with Crippen molar-refractivity contribution < 1.29 is 9.84 Å². The number of hydrogen-bond donors (Lipinski definition) is 2. The van der Waals surface area contributed by atoms with Crippen LogP contribution in [0.4, 0.5) is 0 Å². The van der Waals surface area contributed by atoms with Crippen LogP contribution in [-0.2, 0) is 4.74 Å². The van der Waals surface area contributed by atoms with E-state index in [1.165, 1.54) is 0 Å². The molecule has 0 spiro atoms. The predicted molar refractivity (Wildman–Crippen MR) is 31.3 cm³/mol. The summed E-state index contributed by atoms with van der Waals surface area (Å²) in [6, 6.07) is 0. The quantitative estimate of drug-likeness (QED) is 0.499. The minimum atomic E-state index is 0.0880. The molecule has 0 amide bonds. The van der Waals surface area contributed by atoms with Gasteiger partial charge in [0.15, 0.2) is 0 Å². The third-order valence-corrected chi connectivity index (χ3v) is 0.916. The topological polar surface area (TPSA) is 55.5 Å². The summed E-state index contributed by atoms with van der Waals surface area (Å²) in [5.41, 5.74) is 5.06. The Balaban J connectivity index is 2.92. The smallest absolute Gasteiger partial charge is 0.0943 e. The zero-order valence-electron chi connectivity index (χ0n) is 5.13. The van der Waals surface area contributed by atoms with Gasteiger partial charge >= 0.3 is 0 Å². The van der Waals surface area contributed by atoms with Gasteiger partial charge in [0.05, 0.1) is 12.8 Å². The fraction of sp³-hybridized carbons (Fsp3) is 1.00. The predicted octanol–water partition coefficient (Wildman–Crippen LogP) is -0.310. The molecule has 0 radical (unpaired) electrons. The van der Waals surface area contributed by atoms with E-state index in [4.69, 9.17) is 15.6 Å². The van der Waals surface area contributed by atoms with Crippen molar-refractivity contribution >= 4 is 0 Å². The lowest BCUT2D eigenvalue weighted by atomic mass is 10.3. The average Bonchev–Trinajstić information content (AvgIpc) is 1.68. The highest BCUT2D eigenvalue weighted by Gasteiger charge is 1.96. The highest BCUT2D eigenvalue weighted by Crippen LogP contribution is 1.92. The molecular formula is C5H13NO2. The summed E-state index contributed by atoms with van der Waals surface area (Å²) in [6.45, 7) is 2.28. The van der Waals surface area contributed by atoms with Crippen LogP contribution in [0.2, 0.25) is 0 Å². The van der Waals surface area contributed by atoms with Gasteiger partial charge in [0.1, 0.15) is 0 Å². The van der Waals surface area contributed by atoms with Crippen LogP contribution >= 0.6 is 0 Å². The molecule has 0 fully saturated rings. The molecule has 0 aliphatic rings. The van der Waals surface area contributed by atoms with Crippen LogP contribution in [-0.4, -0.2) is 24.5 Å². The SMILES string of the molecule is CC(CCO)OCN. The molecule has 3 N–H and O–H groups in total. The maximum atomic E-state index is 8.34. The molecule has 1 unspecified atom stereocenters. The molecule has 0 saturated heterocycles. The second-order valence-corrected chi connectivity index (χ2v) is 1.66. The van der Waals surface area contributed by atoms with Gasteiger partial charge in [-0.15, -0.1) is 0 Å². The van der Waals surface area contributed by atoms with Gasteiger partial charge in [0.2, 0.25) is 0 Å². The van der Waals surface area contributed by atoms with Crippen molar-refractivity contribution in [3.05, 3.63) is 0 Å². The Morgan fingerprint density at radius 3 is 2.75 bits per heavy atom. The Morgan fingerprint density at radius 2 is 2.38 bits per heavy atom. The number of aliphatic hydroxyl groups excluding tert-OH is 1. The summed E-state index contributed by atoms with van der Waals surface area (Å²) in [7, 11) is 0. The standard InChI is InChI=1S/C5H13NO2/c1-5(2-3-7)8-4-6/h5,7H,2-4,6H2,1H3. The van der Waals surface area contributed by atoms with Gasteiger partial charge in [-0.05, 0) is 13.3 Å². The molecule has 0 aromatic rings. The minimum Gasteiger partial charge on any atom is -0.396 e. The van der Waals surface area contributed by atoms with Crippen molar-refractivity contribution in [3.8, 4) is 0 Å². The van der Waals surface area contributed by atoms with Crippen LogP contribution < -0.4 is 5.73 Å². The molecule has 0 aliphatic heterocycles. The van der Waals surface area contributed by atoms with Crippen LogP contribution in [0, 0.1) is 0 Å². The fourth-order valence-electron chi connectivity index (χ4n) is 0.429. The van der Waals surface area contributed by atoms with Gasteiger partial charge in [-0.1, -0.05) is 0 Å². The highest BCUT2D eigenvalue weighted by molar-refractivity contribution is 4.45. The van der Waals surface area contributed by atoms with Crippen molar-refractivity contribution in [1.82, 2.24) is 0 Å². The minimum absolute atomic E-state index is 0.0880. The van der Waals surface area contributed by atoms with Crippen molar-refractivity contribution in [1.29, 1.82) is 0 Å². The largest absolute Gasteiger partial charge is 0.396 e. The lowest BCUT2D eigenvalue weighted by molar-refractivity contribution is 0.0523. The highest BCUT2D eigenvalue weighted by atomic mass is 16.5. The third-order valence-electron chi connectivity index (χ3n) is 0.916. The van der Waals surface area contributed by atoms with Crippen molar-refractivity contribution in [2.75, 3.05) is 13.3 Å². The molecule has 3 nitrogen and oxygen atoms in total. The van der Waals surface area contributed by atoms with Crippen LogP contribution in [0.3, 0.4) is 0 Å². The Bertz CT molecular complexity index is 43.7. The summed E-state index contributed by atoms with van der Waals surface area (Å²) in [4.78, 5) is 0. The monoisotopic (exact) mass is 119 g/mol. The Hall–Kier alpha value is -0.120. The molecule has 0 aliphatic carbocycles. The van der Waals surface area contributed by atoms with Gasteiger partial charge < -0.3 is 15.6 Å². The molecule has 0 saturated carbocycles. The van der Waals surface area contributed by atoms with Gasteiger partial charge in [-0.25, -0.2) is 0 Å². The summed E-state index contributed by atoms with van der Waals surface area (Å²) in [5, 5.41) is 8.34. The molecule has 50 valence electrons. The summed E-state index contributed by atoms with van der Waals surface area (Å²) >= 11 is 0. The molecule has 0 aromatic heterocycles. The van der Waals surface area contributed by atoms with Crippen LogP contribution in [0.15, 0.2) is 0 Å². The van der Waals surface area contributed by atoms with Crippen molar-refractivity contribution in [2.24, 2.45) is 5.73 Å². The first-order valence-electron chi connectivity index (χ1n) is 2.73. The molecule has 0 bridgehead atoms. The van der Waals surface area contributed by atoms with E-state index in [-0.39, 0.29) is 19.4 Å². The Kier molecular flexibility index (Phi) is 4.95. The normalized spacial score (nSPS) is 13.9. The van der Waals surface area contributed by atoms with E-state index >= 15 is 0 Å². The average molecular weight is 119 g/mol. The second-order valence-electron chi connectivity index (χ2n) is 1.66. The first kappa shape index (κ1) is 7.88. The summed E-state index contributed by atoms with van der Waals surface area (Å²) < 4.78 is 4.90. The van der Waals surface area contributed by atoms with Gasteiger partial charge in [0, 0.05) is 6.61 Å². The molecule has 0 aromatic carbocycles. The summed E-state index contributed by atoms with van der Waals surface area (Å²) in [5.74, 6) is 0. The van der Waals surface area contributed by atoms with Crippen LogP contribution in [0.25, 0.3) is 0 Å². The van der Waals surface area contributed by atoms with Gasteiger partial charge in [-0.2, -0.15) is 0 Å². The third kappa shape index (κ3) is 4.05. The Labute approximate surface area is 49.4 Å². The van der Waals surface area contributed by atoms with Gasteiger partial charge in [0.25, 0.3) is 0 Å². The first-order valence-corrected chi connectivity index (χ1v) is 2.73. The maximum Gasteiger partial charge on any atom is 0.0943 e. The fourth-order valence-corrected chi connectivity index (χ4v) is 0.429. The van der Waals surface area contributed by atoms with E-state index < -0.39 is 0 Å². The lowest BCUT2D eigenvalue weighted by Gasteiger charge is -2.07. The molecule has 0 rings (SSSR count). The van der Waals surface area contributed by atoms with E-state index in [1.807, 2.05) is 6.92 Å². The number of aliphatic hydroxyl groups is 1.